The Morgan fingerprint density at radius 1 is 1.39 bits per heavy atom. The number of oxazole rings is 1. The van der Waals surface area contributed by atoms with Crippen LogP contribution in [0.5, 0.6) is 0 Å². The minimum Gasteiger partial charge on any atom is -0.436 e. The van der Waals surface area contributed by atoms with E-state index in [-0.39, 0.29) is 0 Å². The second kappa shape index (κ2) is 4.40. The maximum Gasteiger partial charge on any atom is 0.230 e. The number of halogens is 1. The van der Waals surface area contributed by atoms with E-state index < -0.39 is 0 Å². The summed E-state index contributed by atoms with van der Waals surface area (Å²) in [5.41, 5.74) is 8.51. The Labute approximate surface area is 117 Å². The molecule has 0 fully saturated rings. The molecule has 1 aromatic carbocycles. The molecule has 0 bridgehead atoms. The molecule has 2 heterocycles. The molecular weight excluding hydrogens is 312 g/mol. The van der Waals surface area contributed by atoms with Gasteiger partial charge >= 0.3 is 0 Å². The van der Waals surface area contributed by atoms with Crippen molar-refractivity contribution in [2.24, 2.45) is 0 Å². The molecule has 5 heteroatoms. The fourth-order valence-electron chi connectivity index (χ4n) is 1.81. The molecule has 0 saturated carbocycles. The quantitative estimate of drug-likeness (QED) is 0.757. The minimum absolute atomic E-state index is 0.594. The summed E-state index contributed by atoms with van der Waals surface area (Å²) >= 11 is 5.01. The van der Waals surface area contributed by atoms with Crippen molar-refractivity contribution in [1.82, 2.24) is 4.98 Å². The third kappa shape index (κ3) is 1.93. The van der Waals surface area contributed by atoms with E-state index in [0.717, 1.165) is 32.6 Å². The summed E-state index contributed by atoms with van der Waals surface area (Å²) in [7, 11) is 0. The Morgan fingerprint density at radius 2 is 2.22 bits per heavy atom. The maximum atomic E-state index is 6.01. The summed E-state index contributed by atoms with van der Waals surface area (Å²) in [6.45, 7) is 2.11. The number of nitrogens with zero attached hydrogens (tertiary/aromatic N) is 1. The topological polar surface area (TPSA) is 52.0 Å². The molecule has 3 rings (SSSR count). The lowest BCUT2D eigenvalue weighted by atomic mass is 10.2. The van der Waals surface area contributed by atoms with Crippen molar-refractivity contribution < 1.29 is 4.42 Å². The van der Waals surface area contributed by atoms with Gasteiger partial charge < -0.3 is 10.2 Å². The molecule has 0 aliphatic carbocycles. The predicted octanol–water partition coefficient (Wildman–Crippen LogP) is 4.46. The lowest BCUT2D eigenvalue weighted by Gasteiger charge is -1.90. The van der Waals surface area contributed by atoms with E-state index >= 15 is 0 Å². The molecule has 3 nitrogen and oxygen atoms in total. The molecule has 92 valence electrons. The Hall–Kier alpha value is -1.33. The van der Waals surface area contributed by atoms with Crippen molar-refractivity contribution >= 4 is 43.4 Å². The molecule has 0 saturated heterocycles. The number of aryl methyl sites for hydroxylation is 1. The first-order valence-corrected chi connectivity index (χ1v) is 7.23. The van der Waals surface area contributed by atoms with E-state index in [1.54, 1.807) is 11.3 Å². The normalized spacial score (nSPS) is 11.2. The highest BCUT2D eigenvalue weighted by molar-refractivity contribution is 9.10. The number of nitrogens with two attached hydrogens (primary N) is 1. The highest BCUT2D eigenvalue weighted by Gasteiger charge is 2.14. The van der Waals surface area contributed by atoms with Crippen LogP contribution in [0.25, 0.3) is 22.6 Å². The first kappa shape index (κ1) is 11.7. The van der Waals surface area contributed by atoms with Crippen LogP contribution in [-0.4, -0.2) is 4.98 Å². The van der Waals surface area contributed by atoms with Crippen molar-refractivity contribution in [2.45, 2.75) is 13.3 Å². The highest BCUT2D eigenvalue weighted by atomic mass is 79.9. The number of anilines is 1. The first-order valence-electron chi connectivity index (χ1n) is 5.62. The highest BCUT2D eigenvalue weighted by Crippen LogP contribution is 2.35. The van der Waals surface area contributed by atoms with Gasteiger partial charge in [0.25, 0.3) is 0 Å². The zero-order chi connectivity index (χ0) is 12.7. The Kier molecular flexibility index (Phi) is 2.87. The van der Waals surface area contributed by atoms with Crippen LogP contribution in [0.4, 0.5) is 5.00 Å². The summed E-state index contributed by atoms with van der Waals surface area (Å²) < 4.78 is 6.73. The molecule has 0 aliphatic heterocycles. The predicted molar refractivity (Wildman–Crippen MR) is 78.8 cm³/mol. The molecule has 2 aromatic heterocycles. The van der Waals surface area contributed by atoms with Crippen molar-refractivity contribution in [2.75, 3.05) is 5.73 Å². The van der Waals surface area contributed by atoms with Crippen LogP contribution in [0.3, 0.4) is 0 Å². The van der Waals surface area contributed by atoms with E-state index in [1.807, 2.05) is 18.2 Å². The molecule has 0 atom stereocenters. The van der Waals surface area contributed by atoms with Gasteiger partial charge in [-0.1, -0.05) is 22.9 Å². The van der Waals surface area contributed by atoms with Crippen LogP contribution >= 0.6 is 27.3 Å². The second-order valence-corrected chi connectivity index (χ2v) is 6.06. The van der Waals surface area contributed by atoms with Gasteiger partial charge in [0, 0.05) is 9.35 Å². The Balaban J connectivity index is 2.15. The fourth-order valence-corrected chi connectivity index (χ4v) is 3.02. The van der Waals surface area contributed by atoms with E-state index in [9.17, 15) is 0 Å². The van der Waals surface area contributed by atoms with Crippen molar-refractivity contribution in [3.63, 3.8) is 0 Å². The maximum absolute atomic E-state index is 6.01. The van der Waals surface area contributed by atoms with E-state index in [4.69, 9.17) is 10.2 Å². The van der Waals surface area contributed by atoms with Gasteiger partial charge in [-0.2, -0.15) is 0 Å². The second-order valence-electron chi connectivity index (χ2n) is 3.98. The molecule has 3 aromatic rings. The van der Waals surface area contributed by atoms with Gasteiger partial charge in [0.05, 0.1) is 10.6 Å². The number of rotatable bonds is 2. The summed E-state index contributed by atoms with van der Waals surface area (Å²) in [5.74, 6) is 0.594. The number of thiophene rings is 1. The number of fused-ring (bicyclic) bond motifs is 1. The van der Waals surface area contributed by atoms with Crippen LogP contribution in [0.15, 0.2) is 33.2 Å². The van der Waals surface area contributed by atoms with Crippen LogP contribution < -0.4 is 5.73 Å². The molecule has 0 aliphatic rings. The standard InChI is InChI=1S/C13H11BrN2OS/c1-2-8-6-9(12(15)18-8)13-16-10-5-7(14)3-4-11(10)17-13/h3-6H,2,15H2,1H3. The average molecular weight is 323 g/mol. The van der Waals surface area contributed by atoms with Crippen LogP contribution in [-0.2, 0) is 6.42 Å². The van der Waals surface area contributed by atoms with Gasteiger partial charge in [-0.25, -0.2) is 4.98 Å². The summed E-state index contributed by atoms with van der Waals surface area (Å²) in [4.78, 5) is 5.72. The smallest absolute Gasteiger partial charge is 0.230 e. The summed E-state index contributed by atoms with van der Waals surface area (Å²) in [6, 6.07) is 7.83. The third-order valence-corrected chi connectivity index (χ3v) is 4.34. The van der Waals surface area contributed by atoms with Crippen LogP contribution in [0.2, 0.25) is 0 Å². The van der Waals surface area contributed by atoms with Gasteiger partial charge in [0.1, 0.15) is 5.52 Å². The van der Waals surface area contributed by atoms with E-state index in [2.05, 4.69) is 33.9 Å². The van der Waals surface area contributed by atoms with Gasteiger partial charge in [0.2, 0.25) is 5.89 Å². The number of aromatic nitrogens is 1. The van der Waals surface area contributed by atoms with Crippen molar-refractivity contribution in [3.05, 3.63) is 33.6 Å². The van der Waals surface area contributed by atoms with Crippen molar-refractivity contribution in [3.8, 4) is 11.5 Å². The average Bonchev–Trinajstić information content (AvgIpc) is 2.91. The number of benzene rings is 1. The lowest BCUT2D eigenvalue weighted by molar-refractivity contribution is 0.620. The molecule has 0 unspecified atom stereocenters. The number of hydrogen-bond donors (Lipinski definition) is 1. The number of nitrogen functional groups attached to an aromatic ring is 1. The number of hydrogen-bond acceptors (Lipinski definition) is 4. The van der Waals surface area contributed by atoms with E-state index in [0.29, 0.717) is 5.89 Å². The fraction of sp³-hybridized carbons (Fsp3) is 0.154. The van der Waals surface area contributed by atoms with Crippen molar-refractivity contribution in [1.29, 1.82) is 0 Å². The van der Waals surface area contributed by atoms with Gasteiger partial charge in [-0.15, -0.1) is 11.3 Å². The molecule has 0 spiro atoms. The first-order chi connectivity index (χ1) is 8.67. The van der Waals surface area contributed by atoms with Crippen LogP contribution in [0.1, 0.15) is 11.8 Å². The van der Waals surface area contributed by atoms with Gasteiger partial charge in [-0.3, -0.25) is 0 Å². The zero-order valence-corrected chi connectivity index (χ0v) is 12.1. The Morgan fingerprint density at radius 3 is 2.94 bits per heavy atom. The SMILES string of the molecule is CCc1cc(-c2nc3cc(Br)ccc3o2)c(N)s1. The van der Waals surface area contributed by atoms with Crippen LogP contribution in [0, 0.1) is 0 Å². The summed E-state index contributed by atoms with van der Waals surface area (Å²) in [5, 5.41) is 0.762. The summed E-state index contributed by atoms with van der Waals surface area (Å²) in [6.07, 6.45) is 0.973. The third-order valence-electron chi connectivity index (χ3n) is 2.74. The molecule has 0 radical (unpaired) electrons. The molecule has 2 N–H and O–H groups in total. The Bertz CT molecular complexity index is 717. The largest absolute Gasteiger partial charge is 0.436 e. The molecule has 18 heavy (non-hydrogen) atoms. The molecule has 0 amide bonds. The lowest BCUT2D eigenvalue weighted by Crippen LogP contribution is -1.82. The minimum atomic E-state index is 0.594. The molecular formula is C13H11BrN2OS. The van der Waals surface area contributed by atoms with Gasteiger partial charge in [-0.05, 0) is 30.7 Å². The van der Waals surface area contributed by atoms with E-state index in [1.165, 1.54) is 4.88 Å². The monoisotopic (exact) mass is 322 g/mol. The van der Waals surface area contributed by atoms with Gasteiger partial charge in [0.15, 0.2) is 5.58 Å². The zero-order valence-electron chi connectivity index (χ0n) is 9.74.